The molecule has 0 aliphatic carbocycles. The molecular formula is C20H18ClN3O5. The molecule has 0 aliphatic rings. The lowest BCUT2D eigenvalue weighted by Gasteiger charge is -2.16. The van der Waals surface area contributed by atoms with Crippen molar-refractivity contribution < 1.29 is 23.9 Å². The van der Waals surface area contributed by atoms with Gasteiger partial charge in [0.05, 0.1) is 12.7 Å². The maximum absolute atomic E-state index is 12.2. The Hall–Kier alpha value is -3.39. The number of carbonyl (C=O) groups is 3. The van der Waals surface area contributed by atoms with Gasteiger partial charge in [-0.3, -0.25) is 4.79 Å². The van der Waals surface area contributed by atoms with Crippen LogP contribution in [0, 0.1) is 0 Å². The second kappa shape index (κ2) is 9.20. The highest BCUT2D eigenvalue weighted by atomic mass is 35.5. The number of esters is 2. The van der Waals surface area contributed by atoms with E-state index in [-0.39, 0.29) is 17.1 Å². The van der Waals surface area contributed by atoms with Crippen molar-refractivity contribution in [1.29, 1.82) is 0 Å². The molecule has 8 nitrogen and oxygen atoms in total. The fourth-order valence-corrected chi connectivity index (χ4v) is 2.91. The number of fused-ring (bicyclic) bond motifs is 1. The lowest BCUT2D eigenvalue weighted by molar-refractivity contribution is -0.145. The average molecular weight is 416 g/mol. The number of rotatable bonds is 7. The van der Waals surface area contributed by atoms with Gasteiger partial charge in [0.1, 0.15) is 11.2 Å². The fraction of sp³-hybridized carbons (Fsp3) is 0.200. The first-order chi connectivity index (χ1) is 14.0. The Labute approximate surface area is 171 Å². The molecule has 2 aromatic heterocycles. The van der Waals surface area contributed by atoms with Gasteiger partial charge in [-0.05, 0) is 23.8 Å². The minimum atomic E-state index is -0.928. The van der Waals surface area contributed by atoms with Crippen LogP contribution in [0.1, 0.15) is 15.9 Å². The molecule has 2 heterocycles. The van der Waals surface area contributed by atoms with E-state index in [1.807, 2.05) is 24.3 Å². The summed E-state index contributed by atoms with van der Waals surface area (Å²) in [6.45, 7) is -0.553. The first-order valence-corrected chi connectivity index (χ1v) is 9.06. The van der Waals surface area contributed by atoms with Crippen LogP contribution in [0.3, 0.4) is 0 Å². The van der Waals surface area contributed by atoms with Gasteiger partial charge in [-0.15, -0.1) is 0 Å². The van der Waals surface area contributed by atoms with E-state index >= 15 is 0 Å². The third kappa shape index (κ3) is 5.11. The van der Waals surface area contributed by atoms with Crippen molar-refractivity contribution in [3.63, 3.8) is 0 Å². The zero-order valence-corrected chi connectivity index (χ0v) is 16.2. The predicted octanol–water partition coefficient (Wildman–Crippen LogP) is 2.27. The van der Waals surface area contributed by atoms with Crippen LogP contribution in [0.4, 0.5) is 0 Å². The van der Waals surface area contributed by atoms with Gasteiger partial charge in [0.25, 0.3) is 5.91 Å². The molecule has 9 heteroatoms. The summed E-state index contributed by atoms with van der Waals surface area (Å²) in [4.78, 5) is 43.2. The first-order valence-electron chi connectivity index (χ1n) is 8.69. The number of hydrogen-bond acceptors (Lipinski definition) is 6. The van der Waals surface area contributed by atoms with Gasteiger partial charge in [-0.25, -0.2) is 14.6 Å². The molecule has 1 atom stereocenters. The minimum absolute atomic E-state index is 0.158. The number of benzene rings is 1. The largest absolute Gasteiger partial charge is 0.467 e. The highest BCUT2D eigenvalue weighted by Gasteiger charge is 2.24. The van der Waals surface area contributed by atoms with Crippen LogP contribution in [0.25, 0.3) is 10.9 Å². The van der Waals surface area contributed by atoms with Crippen LogP contribution in [0.2, 0.25) is 5.15 Å². The number of hydrogen-bond donors (Lipinski definition) is 2. The number of aromatic nitrogens is 2. The van der Waals surface area contributed by atoms with Gasteiger partial charge in [0, 0.05) is 29.7 Å². The molecule has 3 rings (SSSR count). The number of carbonyl (C=O) groups excluding carboxylic acids is 3. The summed E-state index contributed by atoms with van der Waals surface area (Å²) in [6.07, 6.45) is 3.24. The number of nitrogens with zero attached hydrogens (tertiary/aromatic N) is 1. The summed E-state index contributed by atoms with van der Waals surface area (Å²) in [5, 5.41) is 3.72. The van der Waals surface area contributed by atoms with Gasteiger partial charge in [0.15, 0.2) is 6.61 Å². The molecule has 1 aromatic carbocycles. The maximum Gasteiger partial charge on any atom is 0.340 e. The highest BCUT2D eigenvalue weighted by Crippen LogP contribution is 2.19. The molecule has 0 spiro atoms. The van der Waals surface area contributed by atoms with Crippen molar-refractivity contribution in [2.45, 2.75) is 12.5 Å². The van der Waals surface area contributed by atoms with E-state index in [1.165, 1.54) is 25.4 Å². The van der Waals surface area contributed by atoms with Gasteiger partial charge < -0.3 is 19.8 Å². The van der Waals surface area contributed by atoms with Gasteiger partial charge >= 0.3 is 11.9 Å². The van der Waals surface area contributed by atoms with Crippen molar-refractivity contribution in [2.24, 2.45) is 0 Å². The summed E-state index contributed by atoms with van der Waals surface area (Å²) in [6, 6.07) is 9.55. The van der Waals surface area contributed by atoms with E-state index in [9.17, 15) is 14.4 Å². The van der Waals surface area contributed by atoms with Gasteiger partial charge in [-0.1, -0.05) is 29.8 Å². The zero-order valence-electron chi connectivity index (χ0n) is 15.5. The molecular weight excluding hydrogens is 398 g/mol. The normalized spacial score (nSPS) is 11.7. The Balaban J connectivity index is 1.62. The molecule has 0 aliphatic heterocycles. The summed E-state index contributed by atoms with van der Waals surface area (Å²) >= 11 is 5.67. The number of methoxy groups -OCH3 is 1. The van der Waals surface area contributed by atoms with Crippen molar-refractivity contribution in [3.05, 3.63) is 65.1 Å². The number of halogens is 1. The number of nitrogens with one attached hydrogen (secondary N) is 2. The standard InChI is InChI=1S/C20H18ClN3O5/c1-28-20(27)16(8-13-10-22-15-5-3-2-4-14(13)15)24-18(25)11-29-19(26)12-6-7-17(21)23-9-12/h2-7,9-10,16,22H,8,11H2,1H3,(H,24,25)/t16-/m0/s1. The molecule has 150 valence electrons. The van der Waals surface area contributed by atoms with E-state index in [0.29, 0.717) is 0 Å². The molecule has 2 N–H and O–H groups in total. The molecule has 3 aromatic rings. The summed E-state index contributed by atoms with van der Waals surface area (Å²) in [5.74, 6) is -1.96. The van der Waals surface area contributed by atoms with Gasteiger partial charge in [-0.2, -0.15) is 0 Å². The van der Waals surface area contributed by atoms with Crippen LogP contribution in [-0.4, -0.2) is 47.6 Å². The van der Waals surface area contributed by atoms with E-state index in [1.54, 1.807) is 6.20 Å². The maximum atomic E-state index is 12.2. The summed E-state index contributed by atoms with van der Waals surface area (Å²) in [7, 11) is 1.24. The topological polar surface area (TPSA) is 110 Å². The van der Waals surface area contributed by atoms with E-state index in [0.717, 1.165) is 16.5 Å². The van der Waals surface area contributed by atoms with E-state index in [4.69, 9.17) is 21.1 Å². The number of H-pyrrole nitrogens is 1. The molecule has 0 bridgehead atoms. The SMILES string of the molecule is COC(=O)[C@H](Cc1c[nH]c2ccccc12)NC(=O)COC(=O)c1ccc(Cl)nc1. The summed E-state index contributed by atoms with van der Waals surface area (Å²) in [5.41, 5.74) is 1.92. The third-order valence-corrected chi connectivity index (χ3v) is 4.44. The number of pyridine rings is 1. The molecule has 0 saturated carbocycles. The smallest absolute Gasteiger partial charge is 0.340 e. The second-order valence-electron chi connectivity index (χ2n) is 6.15. The second-order valence-corrected chi connectivity index (χ2v) is 6.54. The number of aromatic amines is 1. The fourth-order valence-electron chi connectivity index (χ4n) is 2.80. The van der Waals surface area contributed by atoms with E-state index in [2.05, 4.69) is 15.3 Å². The number of amides is 1. The van der Waals surface area contributed by atoms with Crippen LogP contribution >= 0.6 is 11.6 Å². The Bertz CT molecular complexity index is 1030. The molecule has 0 saturated heterocycles. The number of ether oxygens (including phenoxy) is 2. The summed E-state index contributed by atoms with van der Waals surface area (Å²) < 4.78 is 9.74. The highest BCUT2D eigenvalue weighted by molar-refractivity contribution is 6.29. The molecule has 1 amide bonds. The third-order valence-electron chi connectivity index (χ3n) is 4.22. The zero-order chi connectivity index (χ0) is 20.8. The predicted molar refractivity (Wildman–Crippen MR) is 105 cm³/mol. The number of para-hydroxylation sites is 1. The quantitative estimate of drug-likeness (QED) is 0.452. The lowest BCUT2D eigenvalue weighted by atomic mass is 10.0. The Morgan fingerprint density at radius 1 is 1.21 bits per heavy atom. The van der Waals surface area contributed by atoms with Crippen molar-refractivity contribution in [1.82, 2.24) is 15.3 Å². The van der Waals surface area contributed by atoms with Crippen LogP contribution in [0.5, 0.6) is 0 Å². The molecule has 0 fully saturated rings. The van der Waals surface area contributed by atoms with E-state index < -0.39 is 30.5 Å². The molecule has 0 unspecified atom stereocenters. The lowest BCUT2D eigenvalue weighted by Crippen LogP contribution is -2.44. The minimum Gasteiger partial charge on any atom is -0.467 e. The van der Waals surface area contributed by atoms with Gasteiger partial charge in [0.2, 0.25) is 0 Å². The molecule has 0 radical (unpaired) electrons. The van der Waals surface area contributed by atoms with Crippen molar-refractivity contribution in [3.8, 4) is 0 Å². The van der Waals surface area contributed by atoms with Crippen molar-refractivity contribution >= 4 is 40.3 Å². The van der Waals surface area contributed by atoms with Crippen LogP contribution in [-0.2, 0) is 25.5 Å². The Morgan fingerprint density at radius 2 is 2.00 bits per heavy atom. The Morgan fingerprint density at radius 3 is 2.72 bits per heavy atom. The average Bonchev–Trinajstić information content (AvgIpc) is 3.14. The monoisotopic (exact) mass is 415 g/mol. The molecule has 29 heavy (non-hydrogen) atoms. The van der Waals surface area contributed by atoms with Crippen molar-refractivity contribution in [2.75, 3.05) is 13.7 Å². The van der Waals surface area contributed by atoms with Crippen LogP contribution < -0.4 is 5.32 Å². The van der Waals surface area contributed by atoms with Crippen LogP contribution in [0.15, 0.2) is 48.8 Å². The Kier molecular flexibility index (Phi) is 6.46. The first kappa shape index (κ1) is 20.3.